The highest BCUT2D eigenvalue weighted by Gasteiger charge is 2.11. The van der Waals surface area contributed by atoms with Crippen LogP contribution in [0.5, 0.6) is 0 Å². The van der Waals surface area contributed by atoms with Crippen LogP contribution in [0.15, 0.2) is 22.7 Å². The summed E-state index contributed by atoms with van der Waals surface area (Å²) >= 11 is 12.2. The van der Waals surface area contributed by atoms with Gasteiger partial charge in [-0.25, -0.2) is 0 Å². The van der Waals surface area contributed by atoms with Crippen molar-refractivity contribution in [3.05, 3.63) is 33.8 Å². The molecule has 0 aliphatic carbocycles. The van der Waals surface area contributed by atoms with E-state index in [1.807, 2.05) is 18.2 Å². The number of hydrogen-bond acceptors (Lipinski definition) is 1. The lowest BCUT2D eigenvalue weighted by atomic mass is 10.0. The van der Waals surface area contributed by atoms with E-state index in [9.17, 15) is 4.79 Å². The highest BCUT2D eigenvalue weighted by Crippen LogP contribution is 2.23. The van der Waals surface area contributed by atoms with Crippen LogP contribution in [0.3, 0.4) is 0 Å². The molecule has 1 nitrogen and oxygen atoms in total. The van der Waals surface area contributed by atoms with E-state index >= 15 is 0 Å². The van der Waals surface area contributed by atoms with Crippen molar-refractivity contribution in [2.75, 3.05) is 5.33 Å². The van der Waals surface area contributed by atoms with Gasteiger partial charge in [-0.3, -0.25) is 4.79 Å². The van der Waals surface area contributed by atoms with E-state index in [-0.39, 0.29) is 0 Å². The second-order valence-corrected chi connectivity index (χ2v) is 4.83. The summed E-state index contributed by atoms with van der Waals surface area (Å²) in [7, 11) is 0. The number of halogens is 3. The molecule has 4 heteroatoms. The van der Waals surface area contributed by atoms with Gasteiger partial charge in [-0.15, -0.1) is 0 Å². The fraction of sp³-hybridized carbons (Fsp3) is 0.300. The van der Waals surface area contributed by atoms with E-state index in [1.165, 1.54) is 0 Å². The lowest BCUT2D eigenvalue weighted by Gasteiger charge is -2.06. The van der Waals surface area contributed by atoms with E-state index in [2.05, 4.69) is 31.9 Å². The van der Waals surface area contributed by atoms with Crippen molar-refractivity contribution in [1.29, 1.82) is 0 Å². The van der Waals surface area contributed by atoms with Crippen molar-refractivity contribution in [3.63, 3.8) is 0 Å². The average Bonchev–Trinajstić information content (AvgIpc) is 2.14. The summed E-state index contributed by atoms with van der Waals surface area (Å²) in [5.74, 6) is 0. The first kappa shape index (κ1) is 12.2. The molecule has 0 amide bonds. The lowest BCUT2D eigenvalue weighted by molar-refractivity contribution is 0.108. The number of hydrogen-bond donors (Lipinski definition) is 0. The summed E-state index contributed by atoms with van der Waals surface area (Å²) in [6, 6.07) is 5.67. The SMILES string of the molecule is O=C(Cl)c1c(Br)cccc1CCCBr. The normalized spacial score (nSPS) is 10.2. The van der Waals surface area contributed by atoms with Gasteiger partial charge in [-0.1, -0.05) is 28.1 Å². The molecular formula is C10H9Br2ClO. The maximum Gasteiger partial charge on any atom is 0.253 e. The van der Waals surface area contributed by atoms with E-state index in [4.69, 9.17) is 11.6 Å². The molecule has 0 N–H and O–H groups in total. The first-order chi connectivity index (χ1) is 6.66. The van der Waals surface area contributed by atoms with Crippen molar-refractivity contribution in [1.82, 2.24) is 0 Å². The zero-order valence-electron chi connectivity index (χ0n) is 7.40. The lowest BCUT2D eigenvalue weighted by Crippen LogP contribution is -1.99. The van der Waals surface area contributed by atoms with Crippen LogP contribution in [0.1, 0.15) is 22.3 Å². The number of aryl methyl sites for hydroxylation is 1. The topological polar surface area (TPSA) is 17.1 Å². The molecule has 0 aliphatic heterocycles. The molecule has 0 atom stereocenters. The van der Waals surface area contributed by atoms with Crippen LogP contribution >= 0.6 is 43.5 Å². The molecule has 0 radical (unpaired) electrons. The Morgan fingerprint density at radius 1 is 1.43 bits per heavy atom. The summed E-state index contributed by atoms with van der Waals surface area (Å²) in [5.41, 5.74) is 1.59. The maximum atomic E-state index is 11.2. The monoisotopic (exact) mass is 338 g/mol. The second-order valence-electron chi connectivity index (χ2n) is 2.84. The second kappa shape index (κ2) is 5.89. The third-order valence-electron chi connectivity index (χ3n) is 1.88. The van der Waals surface area contributed by atoms with Crippen molar-refractivity contribution in [2.45, 2.75) is 12.8 Å². The molecule has 1 aromatic rings. The molecular weight excluding hydrogens is 331 g/mol. The van der Waals surface area contributed by atoms with Gasteiger partial charge in [0.2, 0.25) is 0 Å². The Balaban J connectivity index is 3.02. The standard InChI is InChI=1S/C10H9Br2ClO/c11-6-2-4-7-3-1-5-8(12)9(7)10(13)14/h1,3,5H,2,4,6H2. The molecule has 1 rings (SSSR count). The molecule has 0 bridgehead atoms. The summed E-state index contributed by atoms with van der Waals surface area (Å²) < 4.78 is 0.768. The Bertz CT molecular complexity index is 339. The predicted octanol–water partition coefficient (Wildman–Crippen LogP) is 4.16. The quantitative estimate of drug-likeness (QED) is 0.594. The molecule has 0 fully saturated rings. The van der Waals surface area contributed by atoms with Gasteiger partial charge >= 0.3 is 0 Å². The van der Waals surface area contributed by atoms with Crippen LogP contribution in [0.25, 0.3) is 0 Å². The predicted molar refractivity (Wildman–Crippen MR) is 66.4 cm³/mol. The third-order valence-corrected chi connectivity index (χ3v) is 3.29. The Morgan fingerprint density at radius 2 is 2.14 bits per heavy atom. The fourth-order valence-corrected chi connectivity index (χ4v) is 2.46. The van der Waals surface area contributed by atoms with Gasteiger partial charge in [0.05, 0.1) is 5.56 Å². The van der Waals surface area contributed by atoms with Gasteiger partial charge in [0, 0.05) is 9.80 Å². The minimum absolute atomic E-state index is 0.401. The minimum atomic E-state index is -0.401. The van der Waals surface area contributed by atoms with Crippen molar-refractivity contribution < 1.29 is 4.79 Å². The van der Waals surface area contributed by atoms with Gasteiger partial charge in [-0.2, -0.15) is 0 Å². The molecule has 0 heterocycles. The largest absolute Gasteiger partial charge is 0.276 e. The van der Waals surface area contributed by atoms with Gasteiger partial charge < -0.3 is 0 Å². The van der Waals surface area contributed by atoms with E-state index in [0.717, 1.165) is 28.2 Å². The van der Waals surface area contributed by atoms with Crippen LogP contribution < -0.4 is 0 Å². The van der Waals surface area contributed by atoms with Gasteiger partial charge in [0.15, 0.2) is 0 Å². The van der Waals surface area contributed by atoms with Crippen LogP contribution in [0, 0.1) is 0 Å². The molecule has 0 aromatic heterocycles. The van der Waals surface area contributed by atoms with Crippen LogP contribution in [0.4, 0.5) is 0 Å². The molecule has 76 valence electrons. The summed E-state index contributed by atoms with van der Waals surface area (Å²) in [5, 5.41) is 0.525. The van der Waals surface area contributed by atoms with Gasteiger partial charge in [-0.05, 0) is 52.0 Å². The van der Waals surface area contributed by atoms with E-state index < -0.39 is 5.24 Å². The van der Waals surface area contributed by atoms with Gasteiger partial charge in [0.25, 0.3) is 5.24 Å². The van der Waals surface area contributed by atoms with E-state index in [1.54, 1.807) is 0 Å². The first-order valence-corrected chi connectivity index (χ1v) is 6.49. The summed E-state index contributed by atoms with van der Waals surface area (Å²) in [4.78, 5) is 11.2. The van der Waals surface area contributed by atoms with Crippen LogP contribution in [-0.4, -0.2) is 10.6 Å². The molecule has 0 saturated heterocycles. The molecule has 1 aromatic carbocycles. The fourth-order valence-electron chi connectivity index (χ4n) is 1.25. The highest BCUT2D eigenvalue weighted by atomic mass is 79.9. The van der Waals surface area contributed by atoms with E-state index in [0.29, 0.717) is 5.56 Å². The number of rotatable bonds is 4. The first-order valence-electron chi connectivity index (χ1n) is 4.20. The Labute approximate surface area is 105 Å². The Hall–Kier alpha value is 0.140. The zero-order valence-corrected chi connectivity index (χ0v) is 11.3. The molecule has 0 saturated carbocycles. The summed E-state index contributed by atoms with van der Waals surface area (Å²) in [6.45, 7) is 0. The molecule has 0 spiro atoms. The third kappa shape index (κ3) is 3.07. The number of carbonyl (C=O) groups excluding carboxylic acids is 1. The number of benzene rings is 1. The van der Waals surface area contributed by atoms with Crippen molar-refractivity contribution >= 4 is 48.7 Å². The molecule has 0 aliphatic rings. The number of alkyl halides is 1. The Kier molecular flexibility index (Phi) is 5.13. The summed E-state index contributed by atoms with van der Waals surface area (Å²) in [6.07, 6.45) is 1.85. The highest BCUT2D eigenvalue weighted by molar-refractivity contribution is 9.10. The van der Waals surface area contributed by atoms with Crippen molar-refractivity contribution in [2.24, 2.45) is 0 Å². The van der Waals surface area contributed by atoms with Crippen LogP contribution in [0.2, 0.25) is 0 Å². The molecule has 0 unspecified atom stereocenters. The maximum absolute atomic E-state index is 11.2. The van der Waals surface area contributed by atoms with Crippen molar-refractivity contribution in [3.8, 4) is 0 Å². The van der Waals surface area contributed by atoms with Crippen LogP contribution in [-0.2, 0) is 6.42 Å². The average molecular weight is 340 g/mol. The van der Waals surface area contributed by atoms with Gasteiger partial charge in [0.1, 0.15) is 0 Å². The molecule has 14 heavy (non-hydrogen) atoms. The smallest absolute Gasteiger partial charge is 0.253 e. The minimum Gasteiger partial charge on any atom is -0.276 e. The Morgan fingerprint density at radius 3 is 2.71 bits per heavy atom. The number of carbonyl (C=O) groups is 1. The zero-order chi connectivity index (χ0) is 10.6.